The maximum absolute atomic E-state index is 11.9. The van der Waals surface area contributed by atoms with E-state index in [1.54, 1.807) is 0 Å². The van der Waals surface area contributed by atoms with E-state index in [1.807, 2.05) is 24.8 Å². The average molecular weight is 419 g/mol. The van der Waals surface area contributed by atoms with Gasteiger partial charge in [0, 0.05) is 25.4 Å². The van der Waals surface area contributed by atoms with Gasteiger partial charge in [0.15, 0.2) is 0 Å². The Balaban J connectivity index is 0.00000169. The topological polar surface area (TPSA) is 41.6 Å². The predicted molar refractivity (Wildman–Crippen MR) is 114 cm³/mol. The van der Waals surface area contributed by atoms with Gasteiger partial charge in [0.2, 0.25) is 0 Å². The standard InChI is InChI=1S/C19H26N2O2S.2ClH/c1-2-23-18(22)17-15-24-19(20-17)10-13-21(14-11-19)12-6-9-16-7-4-3-5-8-16;;/h3-9,17,20H,2,10-15H2,1H3;2*1H/b9-6+;;. The quantitative estimate of drug-likeness (QED) is 0.739. The van der Waals surface area contributed by atoms with Crippen molar-refractivity contribution in [1.82, 2.24) is 10.2 Å². The van der Waals surface area contributed by atoms with Crippen LogP contribution in [-0.2, 0) is 9.53 Å². The molecule has 3 rings (SSSR count). The minimum absolute atomic E-state index is 0. The highest BCUT2D eigenvalue weighted by molar-refractivity contribution is 8.01. The van der Waals surface area contributed by atoms with E-state index in [9.17, 15) is 4.79 Å². The van der Waals surface area contributed by atoms with Crippen molar-refractivity contribution in [3.05, 3.63) is 42.0 Å². The molecule has 0 aromatic heterocycles. The molecule has 146 valence electrons. The van der Waals surface area contributed by atoms with Gasteiger partial charge in [-0.2, -0.15) is 0 Å². The molecular formula is C19H28Cl2N2O2S. The van der Waals surface area contributed by atoms with Gasteiger partial charge in [0.05, 0.1) is 11.5 Å². The Kier molecular flexibility index (Phi) is 10.0. The Morgan fingerprint density at radius 3 is 2.65 bits per heavy atom. The number of carbonyl (C=O) groups excluding carboxylic acids is 1. The minimum Gasteiger partial charge on any atom is -0.465 e. The van der Waals surface area contributed by atoms with Gasteiger partial charge in [0.25, 0.3) is 0 Å². The molecule has 2 heterocycles. The van der Waals surface area contributed by atoms with Gasteiger partial charge in [0.1, 0.15) is 6.04 Å². The molecule has 1 N–H and O–H groups in total. The molecule has 1 atom stereocenters. The Morgan fingerprint density at radius 1 is 1.31 bits per heavy atom. The monoisotopic (exact) mass is 418 g/mol. The lowest BCUT2D eigenvalue weighted by Gasteiger charge is -2.38. The SMILES string of the molecule is CCOC(=O)C1CSC2(CCN(C/C=C/c3ccccc3)CC2)N1.Cl.Cl. The highest BCUT2D eigenvalue weighted by Crippen LogP contribution is 2.39. The van der Waals surface area contributed by atoms with Crippen molar-refractivity contribution in [2.45, 2.75) is 30.7 Å². The van der Waals surface area contributed by atoms with Gasteiger partial charge in [-0.3, -0.25) is 15.0 Å². The average Bonchev–Trinajstić information content (AvgIpc) is 3.02. The maximum Gasteiger partial charge on any atom is 0.324 e. The van der Waals surface area contributed by atoms with Gasteiger partial charge in [-0.05, 0) is 25.3 Å². The molecule has 0 amide bonds. The fraction of sp³-hybridized carbons (Fsp3) is 0.526. The number of hydrogen-bond acceptors (Lipinski definition) is 5. The fourth-order valence-corrected chi connectivity index (χ4v) is 4.70. The summed E-state index contributed by atoms with van der Waals surface area (Å²) in [5.41, 5.74) is 1.25. The molecule has 26 heavy (non-hydrogen) atoms. The molecule has 1 aromatic carbocycles. The third-order valence-corrected chi connectivity index (χ3v) is 6.25. The van der Waals surface area contributed by atoms with Crippen LogP contribution in [0.5, 0.6) is 0 Å². The number of halogens is 2. The first-order chi connectivity index (χ1) is 11.7. The Morgan fingerprint density at radius 2 is 2.00 bits per heavy atom. The van der Waals surface area contributed by atoms with E-state index in [0.29, 0.717) is 6.61 Å². The van der Waals surface area contributed by atoms with Crippen LogP contribution in [0.3, 0.4) is 0 Å². The van der Waals surface area contributed by atoms with E-state index in [4.69, 9.17) is 4.74 Å². The molecule has 0 saturated carbocycles. The number of esters is 1. The summed E-state index contributed by atoms with van der Waals surface area (Å²) in [7, 11) is 0. The summed E-state index contributed by atoms with van der Waals surface area (Å²) in [6.07, 6.45) is 6.58. The van der Waals surface area contributed by atoms with E-state index in [0.717, 1.165) is 38.2 Å². The molecule has 0 aliphatic carbocycles. The number of piperidine rings is 1. The van der Waals surface area contributed by atoms with E-state index < -0.39 is 0 Å². The van der Waals surface area contributed by atoms with Gasteiger partial charge in [-0.1, -0.05) is 42.5 Å². The van der Waals surface area contributed by atoms with Crippen LogP contribution in [0.25, 0.3) is 6.08 Å². The number of nitrogens with zero attached hydrogens (tertiary/aromatic N) is 1. The zero-order chi connectivity index (χ0) is 16.8. The first-order valence-corrected chi connectivity index (χ1v) is 9.71. The highest BCUT2D eigenvalue weighted by atomic mass is 35.5. The lowest BCUT2D eigenvalue weighted by molar-refractivity contribution is -0.145. The van der Waals surface area contributed by atoms with Crippen LogP contribution in [0.15, 0.2) is 36.4 Å². The third kappa shape index (κ3) is 6.17. The van der Waals surface area contributed by atoms with Gasteiger partial charge in [-0.25, -0.2) is 0 Å². The number of rotatable bonds is 5. The van der Waals surface area contributed by atoms with E-state index in [2.05, 4.69) is 46.6 Å². The van der Waals surface area contributed by atoms with Crippen molar-refractivity contribution in [3.63, 3.8) is 0 Å². The summed E-state index contributed by atoms with van der Waals surface area (Å²) in [4.78, 5) is 14.4. The Labute approximate surface area is 172 Å². The minimum atomic E-state index is -0.139. The third-order valence-electron chi connectivity index (χ3n) is 4.67. The van der Waals surface area contributed by atoms with Crippen molar-refractivity contribution >= 4 is 48.6 Å². The molecular weight excluding hydrogens is 391 g/mol. The second-order valence-corrected chi connectivity index (χ2v) is 7.77. The van der Waals surface area contributed by atoms with Crippen molar-refractivity contribution in [1.29, 1.82) is 0 Å². The summed E-state index contributed by atoms with van der Waals surface area (Å²) in [6, 6.07) is 10.3. The first kappa shape index (κ1) is 23.3. The lowest BCUT2D eigenvalue weighted by Crippen LogP contribution is -2.52. The summed E-state index contributed by atoms with van der Waals surface area (Å²) in [5.74, 6) is 0.724. The van der Waals surface area contributed by atoms with Crippen LogP contribution in [0.4, 0.5) is 0 Å². The molecule has 1 aromatic rings. The number of thioether (sulfide) groups is 1. The fourth-order valence-electron chi connectivity index (χ4n) is 3.30. The highest BCUT2D eigenvalue weighted by Gasteiger charge is 2.44. The van der Waals surface area contributed by atoms with Crippen LogP contribution in [0.2, 0.25) is 0 Å². The summed E-state index contributed by atoms with van der Waals surface area (Å²) in [6.45, 7) is 5.42. The van der Waals surface area contributed by atoms with Crippen LogP contribution < -0.4 is 5.32 Å². The van der Waals surface area contributed by atoms with E-state index >= 15 is 0 Å². The molecule has 7 heteroatoms. The number of benzene rings is 1. The van der Waals surface area contributed by atoms with E-state index in [-0.39, 0.29) is 41.7 Å². The second kappa shape index (κ2) is 11.2. The van der Waals surface area contributed by atoms with E-state index in [1.165, 1.54) is 5.56 Å². The summed E-state index contributed by atoms with van der Waals surface area (Å²) < 4.78 is 5.14. The van der Waals surface area contributed by atoms with Crippen LogP contribution >= 0.6 is 36.6 Å². The first-order valence-electron chi connectivity index (χ1n) is 8.73. The van der Waals surface area contributed by atoms with Crippen molar-refractivity contribution in [2.24, 2.45) is 0 Å². The zero-order valence-corrected chi connectivity index (χ0v) is 17.5. The smallest absolute Gasteiger partial charge is 0.324 e. The molecule has 2 fully saturated rings. The molecule has 4 nitrogen and oxygen atoms in total. The summed E-state index contributed by atoms with van der Waals surface area (Å²) in [5, 5.41) is 3.54. The number of ether oxygens (including phenoxy) is 1. The molecule has 2 aliphatic rings. The Bertz CT molecular complexity index is 578. The van der Waals surface area contributed by atoms with Gasteiger partial charge in [-0.15, -0.1) is 36.6 Å². The zero-order valence-electron chi connectivity index (χ0n) is 15.1. The largest absolute Gasteiger partial charge is 0.465 e. The van der Waals surface area contributed by atoms with Crippen molar-refractivity contribution < 1.29 is 9.53 Å². The molecule has 1 spiro atoms. The molecule has 0 bridgehead atoms. The summed E-state index contributed by atoms with van der Waals surface area (Å²) >= 11 is 1.89. The predicted octanol–water partition coefficient (Wildman–Crippen LogP) is 3.60. The van der Waals surface area contributed by atoms with Crippen LogP contribution in [-0.4, -0.2) is 53.8 Å². The van der Waals surface area contributed by atoms with Gasteiger partial charge >= 0.3 is 5.97 Å². The number of carbonyl (C=O) groups is 1. The lowest BCUT2D eigenvalue weighted by atomic mass is 10.0. The molecule has 2 aliphatic heterocycles. The molecule has 0 radical (unpaired) electrons. The normalized spacial score (nSPS) is 22.0. The van der Waals surface area contributed by atoms with Crippen LogP contribution in [0, 0.1) is 0 Å². The van der Waals surface area contributed by atoms with Crippen molar-refractivity contribution in [2.75, 3.05) is 32.0 Å². The second-order valence-electron chi connectivity index (χ2n) is 6.37. The number of nitrogens with one attached hydrogen (secondary N) is 1. The molecule has 1 unspecified atom stereocenters. The van der Waals surface area contributed by atoms with Crippen LogP contribution in [0.1, 0.15) is 25.3 Å². The van der Waals surface area contributed by atoms with Crippen molar-refractivity contribution in [3.8, 4) is 0 Å². The Hall–Kier alpha value is -0.720. The number of hydrogen-bond donors (Lipinski definition) is 1. The van der Waals surface area contributed by atoms with Gasteiger partial charge < -0.3 is 4.74 Å². The molecule has 2 saturated heterocycles. The number of likely N-dealkylation sites (tertiary alicyclic amines) is 1. The maximum atomic E-state index is 11.9.